The third kappa shape index (κ3) is 4.11. The molecular formula is C16H31N3O. The van der Waals surface area contributed by atoms with Crippen LogP contribution in [0.3, 0.4) is 0 Å². The summed E-state index contributed by atoms with van der Waals surface area (Å²) >= 11 is 0. The van der Waals surface area contributed by atoms with Crippen LogP contribution in [0.2, 0.25) is 0 Å². The van der Waals surface area contributed by atoms with E-state index in [0.29, 0.717) is 12.1 Å². The Morgan fingerprint density at radius 1 is 1.10 bits per heavy atom. The summed E-state index contributed by atoms with van der Waals surface area (Å²) in [6, 6.07) is 1.37. The van der Waals surface area contributed by atoms with E-state index in [4.69, 9.17) is 0 Å². The molecule has 2 fully saturated rings. The first-order valence-electron chi connectivity index (χ1n) is 8.47. The third-order valence-electron chi connectivity index (χ3n) is 4.92. The van der Waals surface area contributed by atoms with Crippen LogP contribution in [0, 0.1) is 0 Å². The number of nitrogens with one attached hydrogen (secondary N) is 1. The monoisotopic (exact) mass is 281 g/mol. The van der Waals surface area contributed by atoms with E-state index in [9.17, 15) is 4.79 Å². The number of nitrogens with zero attached hydrogens (tertiary/aromatic N) is 2. The number of amides is 2. The summed E-state index contributed by atoms with van der Waals surface area (Å²) in [7, 11) is 2.01. The smallest absolute Gasteiger partial charge is 0.319 e. The first kappa shape index (κ1) is 15.6. The maximum Gasteiger partial charge on any atom is 0.319 e. The highest BCUT2D eigenvalue weighted by molar-refractivity contribution is 5.74. The molecule has 1 N–H and O–H groups in total. The molecule has 2 rings (SSSR count). The summed E-state index contributed by atoms with van der Waals surface area (Å²) in [4.78, 5) is 16.7. The van der Waals surface area contributed by atoms with Gasteiger partial charge in [-0.05, 0) is 45.1 Å². The molecule has 1 aliphatic heterocycles. The molecule has 0 aromatic carbocycles. The second kappa shape index (κ2) is 7.87. The van der Waals surface area contributed by atoms with Gasteiger partial charge in [-0.3, -0.25) is 0 Å². The molecule has 116 valence electrons. The molecule has 0 spiro atoms. The zero-order valence-corrected chi connectivity index (χ0v) is 13.2. The van der Waals surface area contributed by atoms with Gasteiger partial charge in [-0.25, -0.2) is 4.79 Å². The van der Waals surface area contributed by atoms with Crippen molar-refractivity contribution in [3.05, 3.63) is 0 Å². The highest BCUT2D eigenvalue weighted by atomic mass is 16.2. The van der Waals surface area contributed by atoms with E-state index in [2.05, 4.69) is 17.1 Å². The lowest BCUT2D eigenvalue weighted by Crippen LogP contribution is -2.48. The Hall–Kier alpha value is -0.770. The minimum Gasteiger partial charge on any atom is -0.325 e. The van der Waals surface area contributed by atoms with Gasteiger partial charge < -0.3 is 15.1 Å². The molecular weight excluding hydrogens is 250 g/mol. The van der Waals surface area contributed by atoms with Crippen LogP contribution in [0.4, 0.5) is 4.79 Å². The topological polar surface area (TPSA) is 35.6 Å². The fraction of sp³-hybridized carbons (Fsp3) is 0.938. The highest BCUT2D eigenvalue weighted by Gasteiger charge is 2.28. The van der Waals surface area contributed by atoms with Crippen LogP contribution in [0.5, 0.6) is 0 Å². The number of hydrogen-bond donors (Lipinski definition) is 1. The maximum absolute atomic E-state index is 12.6. The van der Waals surface area contributed by atoms with Crippen molar-refractivity contribution in [1.82, 2.24) is 15.1 Å². The molecule has 0 unspecified atom stereocenters. The molecule has 0 atom stereocenters. The van der Waals surface area contributed by atoms with Gasteiger partial charge in [0.25, 0.3) is 0 Å². The predicted molar refractivity (Wildman–Crippen MR) is 82.9 cm³/mol. The van der Waals surface area contributed by atoms with E-state index in [1.54, 1.807) is 0 Å². The van der Waals surface area contributed by atoms with Crippen molar-refractivity contribution in [2.24, 2.45) is 0 Å². The molecule has 1 aliphatic carbocycles. The van der Waals surface area contributed by atoms with Crippen LogP contribution in [-0.2, 0) is 0 Å². The van der Waals surface area contributed by atoms with Gasteiger partial charge in [0.05, 0.1) is 0 Å². The average molecular weight is 281 g/mol. The molecule has 1 saturated carbocycles. The summed E-state index contributed by atoms with van der Waals surface area (Å²) in [6.45, 7) is 5.13. The van der Waals surface area contributed by atoms with E-state index in [0.717, 1.165) is 32.5 Å². The van der Waals surface area contributed by atoms with Crippen LogP contribution >= 0.6 is 0 Å². The Labute approximate surface area is 123 Å². The number of likely N-dealkylation sites (tertiary alicyclic amines) is 1. The van der Waals surface area contributed by atoms with E-state index in [1.165, 1.54) is 38.5 Å². The third-order valence-corrected chi connectivity index (χ3v) is 4.92. The lowest BCUT2D eigenvalue weighted by molar-refractivity contribution is 0.131. The molecule has 0 radical (unpaired) electrons. The van der Waals surface area contributed by atoms with Gasteiger partial charge in [-0.15, -0.1) is 0 Å². The zero-order chi connectivity index (χ0) is 14.4. The summed E-state index contributed by atoms with van der Waals surface area (Å²) < 4.78 is 0. The molecule has 2 aliphatic rings. The van der Waals surface area contributed by atoms with Crippen LogP contribution in [0.25, 0.3) is 0 Å². The Kier molecular flexibility index (Phi) is 6.14. The average Bonchev–Trinajstić information content (AvgIpc) is 2.76. The van der Waals surface area contributed by atoms with Crippen LogP contribution < -0.4 is 5.32 Å². The Balaban J connectivity index is 1.81. The van der Waals surface area contributed by atoms with Crippen LogP contribution in [0.15, 0.2) is 0 Å². The SMILES string of the molecule is CCNC1CCC(N(C)C(=O)N2CCCCCC2)CC1. The van der Waals surface area contributed by atoms with Gasteiger partial charge in [0.15, 0.2) is 0 Å². The van der Waals surface area contributed by atoms with Crippen molar-refractivity contribution in [3.63, 3.8) is 0 Å². The fourth-order valence-corrected chi connectivity index (χ4v) is 3.60. The minimum absolute atomic E-state index is 0.263. The molecule has 0 bridgehead atoms. The summed E-state index contributed by atoms with van der Waals surface area (Å²) in [6.07, 6.45) is 9.61. The molecule has 1 saturated heterocycles. The number of carbonyl (C=O) groups excluding carboxylic acids is 1. The van der Waals surface area contributed by atoms with E-state index in [-0.39, 0.29) is 6.03 Å². The lowest BCUT2D eigenvalue weighted by Gasteiger charge is -2.37. The number of rotatable bonds is 3. The second-order valence-electron chi connectivity index (χ2n) is 6.36. The summed E-state index contributed by atoms with van der Waals surface area (Å²) in [5, 5.41) is 3.53. The van der Waals surface area contributed by atoms with E-state index in [1.807, 2.05) is 11.9 Å². The molecule has 20 heavy (non-hydrogen) atoms. The van der Waals surface area contributed by atoms with Gasteiger partial charge in [-0.1, -0.05) is 19.8 Å². The van der Waals surface area contributed by atoms with Crippen LogP contribution in [0.1, 0.15) is 58.3 Å². The van der Waals surface area contributed by atoms with E-state index < -0.39 is 0 Å². The van der Waals surface area contributed by atoms with E-state index >= 15 is 0 Å². The molecule has 4 nitrogen and oxygen atoms in total. The first-order chi connectivity index (χ1) is 9.72. The molecule has 0 aromatic rings. The normalized spacial score (nSPS) is 28.0. The maximum atomic E-state index is 12.6. The standard InChI is InChI=1S/C16H31N3O/c1-3-17-14-8-10-15(11-9-14)18(2)16(20)19-12-6-4-5-7-13-19/h14-15,17H,3-13H2,1-2H3. The minimum atomic E-state index is 0.263. The van der Waals surface area contributed by atoms with Crippen molar-refractivity contribution in [2.75, 3.05) is 26.7 Å². The van der Waals surface area contributed by atoms with Crippen LogP contribution in [-0.4, -0.2) is 54.6 Å². The molecule has 4 heteroatoms. The van der Waals surface area contributed by atoms with Crippen molar-refractivity contribution in [2.45, 2.75) is 70.4 Å². The largest absolute Gasteiger partial charge is 0.325 e. The number of carbonyl (C=O) groups is 1. The Morgan fingerprint density at radius 3 is 2.25 bits per heavy atom. The summed E-state index contributed by atoms with van der Waals surface area (Å²) in [5.74, 6) is 0. The molecule has 2 amide bonds. The molecule has 1 heterocycles. The van der Waals surface area contributed by atoms with Crippen molar-refractivity contribution in [3.8, 4) is 0 Å². The lowest BCUT2D eigenvalue weighted by atomic mass is 9.90. The van der Waals surface area contributed by atoms with Gasteiger partial charge >= 0.3 is 6.03 Å². The zero-order valence-electron chi connectivity index (χ0n) is 13.2. The van der Waals surface area contributed by atoms with Gasteiger partial charge in [0.1, 0.15) is 0 Å². The Bertz CT molecular complexity index is 292. The highest BCUT2D eigenvalue weighted by Crippen LogP contribution is 2.23. The fourth-order valence-electron chi connectivity index (χ4n) is 3.60. The van der Waals surface area contributed by atoms with Gasteiger partial charge in [0, 0.05) is 32.2 Å². The molecule has 0 aromatic heterocycles. The van der Waals surface area contributed by atoms with Gasteiger partial charge in [0.2, 0.25) is 0 Å². The quantitative estimate of drug-likeness (QED) is 0.863. The number of hydrogen-bond acceptors (Lipinski definition) is 2. The van der Waals surface area contributed by atoms with Crippen molar-refractivity contribution < 1.29 is 4.79 Å². The van der Waals surface area contributed by atoms with Gasteiger partial charge in [-0.2, -0.15) is 0 Å². The Morgan fingerprint density at radius 2 is 1.70 bits per heavy atom. The first-order valence-corrected chi connectivity index (χ1v) is 8.47. The summed E-state index contributed by atoms with van der Waals surface area (Å²) in [5.41, 5.74) is 0. The predicted octanol–water partition coefficient (Wildman–Crippen LogP) is 2.83. The van der Waals surface area contributed by atoms with Crippen molar-refractivity contribution >= 4 is 6.03 Å². The second-order valence-corrected chi connectivity index (χ2v) is 6.36. The number of urea groups is 1. The van der Waals surface area contributed by atoms with Crippen molar-refractivity contribution in [1.29, 1.82) is 0 Å².